The number of benzene rings is 1. The van der Waals surface area contributed by atoms with Crippen LogP contribution >= 0.6 is 0 Å². The molecule has 0 atom stereocenters. The quantitative estimate of drug-likeness (QED) is 0.697. The Balaban J connectivity index is 1.62. The zero-order valence-corrected chi connectivity index (χ0v) is 12.9. The van der Waals surface area contributed by atoms with E-state index >= 15 is 0 Å². The number of rotatable bonds is 9. The molecule has 0 unspecified atom stereocenters. The molecule has 1 heterocycles. The lowest BCUT2D eigenvalue weighted by Gasteiger charge is -2.04. The molecule has 1 aromatic heterocycles. The SMILES string of the molecule is NCC(=O)NCCCCCCn1cnc(-c2ccccc2)c1. The lowest BCUT2D eigenvalue weighted by Crippen LogP contribution is -2.30. The van der Waals surface area contributed by atoms with Gasteiger partial charge in [-0.2, -0.15) is 0 Å². The third-order valence-corrected chi connectivity index (χ3v) is 3.55. The Hall–Kier alpha value is -2.14. The minimum Gasteiger partial charge on any atom is -0.355 e. The topological polar surface area (TPSA) is 72.9 Å². The zero-order chi connectivity index (χ0) is 15.6. The molecule has 2 rings (SSSR count). The molecule has 0 fully saturated rings. The van der Waals surface area contributed by atoms with Gasteiger partial charge in [0.25, 0.3) is 0 Å². The molecule has 0 saturated carbocycles. The van der Waals surface area contributed by atoms with Gasteiger partial charge < -0.3 is 15.6 Å². The van der Waals surface area contributed by atoms with Gasteiger partial charge in [-0.25, -0.2) is 4.98 Å². The van der Waals surface area contributed by atoms with E-state index in [1.165, 1.54) is 0 Å². The fourth-order valence-corrected chi connectivity index (χ4v) is 2.31. The highest BCUT2D eigenvalue weighted by Gasteiger charge is 2.01. The molecule has 5 heteroatoms. The molecule has 0 bridgehead atoms. The van der Waals surface area contributed by atoms with Gasteiger partial charge in [0.1, 0.15) is 0 Å². The van der Waals surface area contributed by atoms with Crippen molar-refractivity contribution in [1.82, 2.24) is 14.9 Å². The normalized spacial score (nSPS) is 10.6. The van der Waals surface area contributed by atoms with E-state index in [0.717, 1.165) is 50.0 Å². The average molecular weight is 300 g/mol. The Morgan fingerprint density at radius 1 is 1.14 bits per heavy atom. The van der Waals surface area contributed by atoms with Gasteiger partial charge in [-0.3, -0.25) is 4.79 Å². The van der Waals surface area contributed by atoms with Crippen molar-refractivity contribution in [2.45, 2.75) is 32.2 Å². The Morgan fingerprint density at radius 3 is 2.68 bits per heavy atom. The van der Waals surface area contributed by atoms with Crippen LogP contribution < -0.4 is 11.1 Å². The van der Waals surface area contributed by atoms with E-state index in [2.05, 4.69) is 33.2 Å². The van der Waals surface area contributed by atoms with Gasteiger partial charge in [0, 0.05) is 24.8 Å². The number of hydrogen-bond acceptors (Lipinski definition) is 3. The van der Waals surface area contributed by atoms with Crippen molar-refractivity contribution >= 4 is 5.91 Å². The molecule has 1 aromatic carbocycles. The third-order valence-electron chi connectivity index (χ3n) is 3.55. The Kier molecular flexibility index (Phi) is 6.64. The number of unbranched alkanes of at least 4 members (excludes halogenated alkanes) is 3. The molecule has 0 aliphatic rings. The molecule has 22 heavy (non-hydrogen) atoms. The van der Waals surface area contributed by atoms with Gasteiger partial charge in [0.15, 0.2) is 0 Å². The highest BCUT2D eigenvalue weighted by atomic mass is 16.1. The van der Waals surface area contributed by atoms with Gasteiger partial charge in [0.05, 0.1) is 18.6 Å². The molecule has 1 amide bonds. The standard InChI is InChI=1S/C17H24N4O/c18-12-17(22)19-10-6-1-2-7-11-21-13-16(20-14-21)15-8-4-3-5-9-15/h3-5,8-9,13-14H,1-2,6-7,10-12,18H2,(H,19,22). The number of nitrogens with two attached hydrogens (primary N) is 1. The maximum absolute atomic E-state index is 11.0. The average Bonchev–Trinajstić information content (AvgIpc) is 3.03. The van der Waals surface area contributed by atoms with Gasteiger partial charge in [-0.1, -0.05) is 43.2 Å². The Bertz CT molecular complexity index is 565. The van der Waals surface area contributed by atoms with Gasteiger partial charge in [-0.05, 0) is 12.8 Å². The van der Waals surface area contributed by atoms with Crippen LogP contribution in [-0.2, 0) is 11.3 Å². The van der Waals surface area contributed by atoms with Crippen molar-refractivity contribution in [3.05, 3.63) is 42.9 Å². The van der Waals surface area contributed by atoms with E-state index in [-0.39, 0.29) is 12.5 Å². The second kappa shape index (κ2) is 9.00. The molecule has 0 aliphatic heterocycles. The maximum Gasteiger partial charge on any atom is 0.233 e. The number of nitrogens with one attached hydrogen (secondary N) is 1. The maximum atomic E-state index is 11.0. The number of carbonyl (C=O) groups excluding carboxylic acids is 1. The number of hydrogen-bond donors (Lipinski definition) is 2. The first kappa shape index (κ1) is 16.2. The van der Waals surface area contributed by atoms with Gasteiger partial charge >= 0.3 is 0 Å². The second-order valence-corrected chi connectivity index (χ2v) is 5.33. The molecule has 2 aromatic rings. The lowest BCUT2D eigenvalue weighted by molar-refractivity contribution is -0.119. The van der Waals surface area contributed by atoms with E-state index < -0.39 is 0 Å². The fraction of sp³-hybridized carbons (Fsp3) is 0.412. The predicted octanol–water partition coefficient (Wildman–Crippen LogP) is 2.19. The van der Waals surface area contributed by atoms with Crippen LogP contribution in [0.2, 0.25) is 0 Å². The lowest BCUT2D eigenvalue weighted by atomic mass is 10.2. The molecule has 0 saturated heterocycles. The van der Waals surface area contributed by atoms with Crippen molar-refractivity contribution in [2.75, 3.05) is 13.1 Å². The molecule has 5 nitrogen and oxygen atoms in total. The predicted molar refractivity (Wildman–Crippen MR) is 88.2 cm³/mol. The summed E-state index contributed by atoms with van der Waals surface area (Å²) in [6.45, 7) is 1.78. The monoisotopic (exact) mass is 300 g/mol. The van der Waals surface area contributed by atoms with Crippen molar-refractivity contribution in [3.8, 4) is 11.3 Å². The first-order valence-electron chi connectivity index (χ1n) is 7.83. The summed E-state index contributed by atoms with van der Waals surface area (Å²) >= 11 is 0. The second-order valence-electron chi connectivity index (χ2n) is 5.33. The summed E-state index contributed by atoms with van der Waals surface area (Å²) < 4.78 is 2.14. The van der Waals surface area contributed by atoms with E-state index in [1.807, 2.05) is 24.5 Å². The minimum atomic E-state index is -0.0770. The third kappa shape index (κ3) is 5.33. The summed E-state index contributed by atoms with van der Waals surface area (Å²) in [6.07, 6.45) is 8.38. The van der Waals surface area contributed by atoms with Crippen molar-refractivity contribution in [3.63, 3.8) is 0 Å². The summed E-state index contributed by atoms with van der Waals surface area (Å²) in [6, 6.07) is 10.2. The van der Waals surface area contributed by atoms with Gasteiger partial charge in [-0.15, -0.1) is 0 Å². The Labute approximate surface area is 131 Å². The number of aromatic nitrogens is 2. The minimum absolute atomic E-state index is 0.0738. The number of nitrogens with zero attached hydrogens (tertiary/aromatic N) is 2. The zero-order valence-electron chi connectivity index (χ0n) is 12.9. The largest absolute Gasteiger partial charge is 0.355 e. The first-order valence-corrected chi connectivity index (χ1v) is 7.83. The highest BCUT2D eigenvalue weighted by molar-refractivity contribution is 5.77. The molecule has 0 spiro atoms. The number of amides is 1. The summed E-state index contributed by atoms with van der Waals surface area (Å²) in [5.41, 5.74) is 7.39. The van der Waals surface area contributed by atoms with Crippen LogP contribution in [0, 0.1) is 0 Å². The molecule has 0 radical (unpaired) electrons. The molecule has 118 valence electrons. The first-order chi connectivity index (χ1) is 10.8. The van der Waals surface area contributed by atoms with Crippen LogP contribution in [0.15, 0.2) is 42.9 Å². The number of aryl methyl sites for hydroxylation is 1. The molecular weight excluding hydrogens is 276 g/mol. The summed E-state index contributed by atoms with van der Waals surface area (Å²) in [7, 11) is 0. The summed E-state index contributed by atoms with van der Waals surface area (Å²) in [4.78, 5) is 15.4. The summed E-state index contributed by atoms with van der Waals surface area (Å²) in [5.74, 6) is -0.0770. The van der Waals surface area contributed by atoms with Crippen molar-refractivity contribution in [2.24, 2.45) is 5.73 Å². The number of imidazole rings is 1. The Morgan fingerprint density at radius 2 is 1.91 bits per heavy atom. The van der Waals surface area contributed by atoms with Crippen LogP contribution in [0.3, 0.4) is 0 Å². The summed E-state index contributed by atoms with van der Waals surface area (Å²) in [5, 5.41) is 2.78. The van der Waals surface area contributed by atoms with E-state index in [1.54, 1.807) is 0 Å². The number of carbonyl (C=O) groups is 1. The smallest absolute Gasteiger partial charge is 0.233 e. The molecule has 0 aliphatic carbocycles. The van der Waals surface area contributed by atoms with Crippen LogP contribution in [0.5, 0.6) is 0 Å². The van der Waals surface area contributed by atoms with E-state index in [4.69, 9.17) is 5.73 Å². The molecule has 3 N–H and O–H groups in total. The van der Waals surface area contributed by atoms with Gasteiger partial charge in [0.2, 0.25) is 5.91 Å². The van der Waals surface area contributed by atoms with Crippen LogP contribution in [0.1, 0.15) is 25.7 Å². The molecular formula is C17H24N4O. The van der Waals surface area contributed by atoms with Crippen LogP contribution in [-0.4, -0.2) is 28.5 Å². The fourth-order valence-electron chi connectivity index (χ4n) is 2.31. The van der Waals surface area contributed by atoms with Crippen molar-refractivity contribution < 1.29 is 4.79 Å². The highest BCUT2D eigenvalue weighted by Crippen LogP contribution is 2.16. The van der Waals surface area contributed by atoms with Crippen molar-refractivity contribution in [1.29, 1.82) is 0 Å². The van der Waals surface area contributed by atoms with E-state index in [0.29, 0.717) is 0 Å². The van der Waals surface area contributed by atoms with Crippen LogP contribution in [0.4, 0.5) is 0 Å². The van der Waals surface area contributed by atoms with Crippen LogP contribution in [0.25, 0.3) is 11.3 Å². The van der Waals surface area contributed by atoms with E-state index in [9.17, 15) is 4.79 Å².